The second-order valence-corrected chi connectivity index (χ2v) is 2.63. The van der Waals surface area contributed by atoms with Crippen LogP contribution in [0.15, 0.2) is 0 Å². The van der Waals surface area contributed by atoms with E-state index >= 15 is 0 Å². The van der Waals surface area contributed by atoms with E-state index in [1.807, 2.05) is 0 Å². The van der Waals surface area contributed by atoms with Crippen molar-refractivity contribution in [2.45, 2.75) is 19.1 Å². The van der Waals surface area contributed by atoms with Crippen LogP contribution in [0, 0.1) is 6.61 Å². The molecule has 1 heterocycles. The molecule has 0 aromatic heterocycles. The fourth-order valence-electron chi connectivity index (χ4n) is 1.05. The highest BCUT2D eigenvalue weighted by Gasteiger charge is 2.14. The lowest BCUT2D eigenvalue weighted by atomic mass is 10.4. The largest absolute Gasteiger partial charge is 0.432 e. The third kappa shape index (κ3) is 4.01. The van der Waals surface area contributed by atoms with Gasteiger partial charge in [0.25, 0.3) is 0 Å². The number of aliphatic hydroxyl groups is 3. The minimum atomic E-state index is -0.0822. The Hall–Kier alpha value is -0.160. The zero-order chi connectivity index (χ0) is 8.65. The molecule has 0 atom stereocenters. The molecule has 0 aliphatic carbocycles. The van der Waals surface area contributed by atoms with Gasteiger partial charge in [-0.2, -0.15) is 0 Å². The smallest absolute Gasteiger partial charge is 0.174 e. The summed E-state index contributed by atoms with van der Waals surface area (Å²) >= 11 is 0. The van der Waals surface area contributed by atoms with E-state index in [2.05, 4.69) is 4.74 Å². The van der Waals surface area contributed by atoms with Crippen LogP contribution in [0.25, 0.3) is 0 Å². The van der Waals surface area contributed by atoms with Crippen molar-refractivity contribution in [2.75, 3.05) is 26.4 Å². The van der Waals surface area contributed by atoms with E-state index < -0.39 is 0 Å². The van der Waals surface area contributed by atoms with Gasteiger partial charge in [-0.15, -0.1) is 0 Å². The van der Waals surface area contributed by atoms with E-state index in [1.165, 1.54) is 0 Å². The van der Waals surface area contributed by atoms with Gasteiger partial charge in [-0.05, 0) is 6.42 Å². The normalized spacial score (nSPS) is 19.8. The molecule has 0 amide bonds. The lowest BCUT2D eigenvalue weighted by Gasteiger charge is -2.21. The van der Waals surface area contributed by atoms with Crippen LogP contribution in [0.2, 0.25) is 0 Å². The predicted octanol–water partition coefficient (Wildman–Crippen LogP) is 0.202. The molecule has 2 N–H and O–H groups in total. The summed E-state index contributed by atoms with van der Waals surface area (Å²) in [7, 11) is 0. The average molecular weight is 176 g/mol. The summed E-state index contributed by atoms with van der Waals surface area (Å²) in [5.74, 6) is 0. The number of hydrogen-bond donors (Lipinski definition) is 1. The molecule has 4 nitrogen and oxygen atoms in total. The number of ether oxygens (including phenoxy) is 3. The SMILES string of the molecule is O[CH]C[OH+]CCC1OCCCO1. The summed E-state index contributed by atoms with van der Waals surface area (Å²) in [4.78, 5) is 0. The Bertz CT molecular complexity index is 101. The second-order valence-electron chi connectivity index (χ2n) is 2.63. The first kappa shape index (κ1) is 9.92. The van der Waals surface area contributed by atoms with Crippen LogP contribution in [0.3, 0.4) is 0 Å². The van der Waals surface area contributed by atoms with Gasteiger partial charge in [0.1, 0.15) is 6.61 Å². The first-order valence-corrected chi connectivity index (χ1v) is 4.26. The van der Waals surface area contributed by atoms with E-state index in [1.54, 1.807) is 0 Å². The van der Waals surface area contributed by atoms with Crippen LogP contribution >= 0.6 is 0 Å². The Morgan fingerprint density at radius 3 is 2.83 bits per heavy atom. The van der Waals surface area contributed by atoms with E-state index in [9.17, 15) is 0 Å². The highest BCUT2D eigenvalue weighted by Crippen LogP contribution is 2.07. The van der Waals surface area contributed by atoms with Crippen molar-refractivity contribution in [3.8, 4) is 0 Å². The Morgan fingerprint density at radius 1 is 1.42 bits per heavy atom. The third-order valence-electron chi connectivity index (χ3n) is 1.63. The van der Waals surface area contributed by atoms with Crippen molar-refractivity contribution < 1.29 is 19.3 Å². The van der Waals surface area contributed by atoms with Crippen molar-refractivity contribution in [3.05, 3.63) is 6.61 Å². The van der Waals surface area contributed by atoms with Crippen molar-refractivity contribution in [1.29, 1.82) is 0 Å². The van der Waals surface area contributed by atoms with Crippen LogP contribution in [-0.2, 0) is 9.47 Å². The molecule has 0 aromatic rings. The molecule has 1 fully saturated rings. The van der Waals surface area contributed by atoms with Gasteiger partial charge in [0, 0.05) is 0 Å². The standard InChI is InChI=1S/C8H15O4/c9-3-7-10-6-2-8-11-4-1-5-12-8/h3,8-9H,1-2,4-7H2/p+1. The fraction of sp³-hybridized carbons (Fsp3) is 0.875. The van der Waals surface area contributed by atoms with Gasteiger partial charge in [0.05, 0.1) is 19.6 Å². The van der Waals surface area contributed by atoms with E-state index in [0.29, 0.717) is 13.2 Å². The van der Waals surface area contributed by atoms with Crippen molar-refractivity contribution in [3.63, 3.8) is 0 Å². The lowest BCUT2D eigenvalue weighted by Crippen LogP contribution is -2.26. The molecular formula is C8H16O4+. The number of rotatable bonds is 5. The highest BCUT2D eigenvalue weighted by atomic mass is 16.7. The van der Waals surface area contributed by atoms with Crippen molar-refractivity contribution >= 4 is 0 Å². The van der Waals surface area contributed by atoms with E-state index in [0.717, 1.165) is 32.7 Å². The minimum absolute atomic E-state index is 0.0822. The highest BCUT2D eigenvalue weighted by molar-refractivity contribution is 4.51. The first-order valence-electron chi connectivity index (χ1n) is 4.26. The number of aliphatic hydroxyl groups excluding tert-OH is 1. The summed E-state index contributed by atoms with van der Waals surface area (Å²) in [5, 5.41) is 8.32. The summed E-state index contributed by atoms with van der Waals surface area (Å²) in [6.45, 7) is 3.70. The molecule has 0 unspecified atom stereocenters. The first-order chi connectivity index (χ1) is 5.93. The van der Waals surface area contributed by atoms with Crippen molar-refractivity contribution in [1.82, 2.24) is 0 Å². The van der Waals surface area contributed by atoms with E-state index in [4.69, 9.17) is 14.6 Å². The third-order valence-corrected chi connectivity index (χ3v) is 1.63. The molecule has 0 bridgehead atoms. The van der Waals surface area contributed by atoms with Gasteiger partial charge in [0.15, 0.2) is 19.5 Å². The number of hydrogen-bond acceptors (Lipinski definition) is 3. The zero-order valence-corrected chi connectivity index (χ0v) is 7.11. The maximum Gasteiger partial charge on any atom is 0.174 e. The molecule has 1 aliphatic heterocycles. The lowest BCUT2D eigenvalue weighted by molar-refractivity contribution is -0.195. The van der Waals surface area contributed by atoms with Crippen LogP contribution < -0.4 is 0 Å². The van der Waals surface area contributed by atoms with E-state index in [-0.39, 0.29) is 6.29 Å². The van der Waals surface area contributed by atoms with Gasteiger partial charge >= 0.3 is 0 Å². The van der Waals surface area contributed by atoms with Gasteiger partial charge in [-0.25, -0.2) is 0 Å². The quantitative estimate of drug-likeness (QED) is 0.481. The Morgan fingerprint density at radius 2 is 2.17 bits per heavy atom. The topological polar surface area (TPSA) is 51.5 Å². The summed E-state index contributed by atoms with van der Waals surface area (Å²) in [6, 6.07) is 0. The maximum absolute atomic E-state index is 8.32. The summed E-state index contributed by atoms with van der Waals surface area (Å²) in [6.07, 6.45) is 1.69. The molecule has 12 heavy (non-hydrogen) atoms. The molecule has 4 heteroatoms. The average Bonchev–Trinajstić information content (AvgIpc) is 2.14. The fourth-order valence-corrected chi connectivity index (χ4v) is 1.05. The Labute approximate surface area is 72.4 Å². The molecule has 1 aliphatic rings. The van der Waals surface area contributed by atoms with Crippen LogP contribution in [-0.4, -0.2) is 42.6 Å². The Balaban J connectivity index is 1.91. The molecule has 1 radical (unpaired) electrons. The zero-order valence-electron chi connectivity index (χ0n) is 7.11. The minimum Gasteiger partial charge on any atom is -0.432 e. The summed E-state index contributed by atoms with van der Waals surface area (Å²) < 4.78 is 14.6. The monoisotopic (exact) mass is 176 g/mol. The van der Waals surface area contributed by atoms with Crippen molar-refractivity contribution in [2.24, 2.45) is 0 Å². The second kappa shape index (κ2) is 6.37. The van der Waals surface area contributed by atoms with Gasteiger partial charge in [-0.3, -0.25) is 0 Å². The molecular weight excluding hydrogens is 160 g/mol. The molecule has 0 saturated carbocycles. The van der Waals surface area contributed by atoms with Gasteiger partial charge < -0.3 is 19.3 Å². The molecule has 71 valence electrons. The summed E-state index contributed by atoms with van der Waals surface area (Å²) in [5.41, 5.74) is 0. The molecule has 0 aromatic carbocycles. The van der Waals surface area contributed by atoms with Crippen LogP contribution in [0.4, 0.5) is 0 Å². The van der Waals surface area contributed by atoms with Crippen LogP contribution in [0.1, 0.15) is 12.8 Å². The Kier molecular flexibility index (Phi) is 5.27. The molecule has 1 rings (SSSR count). The van der Waals surface area contributed by atoms with Gasteiger partial charge in [-0.1, -0.05) is 0 Å². The molecule has 0 spiro atoms. The van der Waals surface area contributed by atoms with Gasteiger partial charge in [0.2, 0.25) is 0 Å². The molecule has 1 saturated heterocycles. The predicted molar refractivity (Wildman–Crippen MR) is 43.1 cm³/mol. The maximum atomic E-state index is 8.32. The van der Waals surface area contributed by atoms with Crippen LogP contribution in [0.5, 0.6) is 0 Å².